The molecule has 0 amide bonds. The Kier molecular flexibility index (Phi) is 1.42. The van der Waals surface area contributed by atoms with Gasteiger partial charge in [0, 0.05) is 6.54 Å². The Labute approximate surface area is 65.8 Å². The first kappa shape index (κ1) is 7.10. The van der Waals surface area contributed by atoms with Gasteiger partial charge in [0.15, 0.2) is 0 Å². The lowest BCUT2D eigenvalue weighted by atomic mass is 9.60. The van der Waals surface area contributed by atoms with Gasteiger partial charge in [-0.2, -0.15) is 0 Å². The van der Waals surface area contributed by atoms with Crippen molar-refractivity contribution >= 4 is 5.97 Å². The molecule has 0 aromatic heterocycles. The van der Waals surface area contributed by atoms with Gasteiger partial charge in [0.25, 0.3) is 0 Å². The summed E-state index contributed by atoms with van der Waals surface area (Å²) in [6, 6.07) is 0. The van der Waals surface area contributed by atoms with Gasteiger partial charge < -0.3 is 10.4 Å². The Morgan fingerprint density at radius 1 is 1.73 bits per heavy atom. The predicted octanol–water partition coefficient (Wildman–Crippen LogP) is 0.461. The maximum atomic E-state index is 10.5. The summed E-state index contributed by atoms with van der Waals surface area (Å²) in [5.74, 6) is 0.0111. The van der Waals surface area contributed by atoms with Gasteiger partial charge >= 0.3 is 5.97 Å². The van der Waals surface area contributed by atoms with Crippen LogP contribution < -0.4 is 5.32 Å². The molecular formula is C8H13NO2. The summed E-state index contributed by atoms with van der Waals surface area (Å²) < 4.78 is 0. The molecule has 3 nitrogen and oxygen atoms in total. The highest BCUT2D eigenvalue weighted by molar-refractivity contribution is 5.68. The van der Waals surface area contributed by atoms with Crippen LogP contribution in [0.15, 0.2) is 0 Å². The molecule has 0 bridgehead atoms. The number of rotatable bonds is 2. The molecule has 2 N–H and O–H groups in total. The molecule has 62 valence electrons. The van der Waals surface area contributed by atoms with E-state index in [1.54, 1.807) is 0 Å². The SMILES string of the molecule is O=C(O)CC12CCC1CNC2. The molecule has 1 saturated carbocycles. The lowest BCUT2D eigenvalue weighted by molar-refractivity contribution is -0.142. The van der Waals surface area contributed by atoms with E-state index in [9.17, 15) is 4.79 Å². The van der Waals surface area contributed by atoms with E-state index >= 15 is 0 Å². The fourth-order valence-electron chi connectivity index (χ4n) is 2.40. The summed E-state index contributed by atoms with van der Waals surface area (Å²) >= 11 is 0. The van der Waals surface area contributed by atoms with Crippen molar-refractivity contribution in [1.29, 1.82) is 0 Å². The highest BCUT2D eigenvalue weighted by Gasteiger charge is 2.50. The molecule has 1 aliphatic heterocycles. The van der Waals surface area contributed by atoms with Gasteiger partial charge in [0.05, 0.1) is 6.42 Å². The number of carboxylic acids is 1. The zero-order valence-corrected chi connectivity index (χ0v) is 6.47. The number of carbonyl (C=O) groups is 1. The monoisotopic (exact) mass is 155 g/mol. The lowest BCUT2D eigenvalue weighted by Crippen LogP contribution is -2.41. The third kappa shape index (κ3) is 0.948. The van der Waals surface area contributed by atoms with Crippen molar-refractivity contribution < 1.29 is 9.90 Å². The minimum absolute atomic E-state index is 0.145. The van der Waals surface area contributed by atoms with Gasteiger partial charge in [-0.05, 0) is 30.7 Å². The summed E-state index contributed by atoms with van der Waals surface area (Å²) in [6.45, 7) is 1.96. The van der Waals surface area contributed by atoms with E-state index in [1.165, 1.54) is 6.42 Å². The van der Waals surface area contributed by atoms with Crippen LogP contribution in [-0.2, 0) is 4.79 Å². The zero-order chi connectivity index (χ0) is 7.90. The molecule has 11 heavy (non-hydrogen) atoms. The second-order valence-corrected chi connectivity index (χ2v) is 3.80. The van der Waals surface area contributed by atoms with Crippen molar-refractivity contribution in [3.05, 3.63) is 0 Å². The first-order valence-electron chi connectivity index (χ1n) is 4.15. The molecule has 0 aromatic rings. The number of fused-ring (bicyclic) bond motifs is 1. The van der Waals surface area contributed by atoms with Crippen molar-refractivity contribution in [2.24, 2.45) is 11.3 Å². The van der Waals surface area contributed by atoms with Crippen LogP contribution in [0.5, 0.6) is 0 Å². The van der Waals surface area contributed by atoms with Gasteiger partial charge in [-0.1, -0.05) is 0 Å². The van der Waals surface area contributed by atoms with Crippen LogP contribution >= 0.6 is 0 Å². The number of carboxylic acid groups (broad SMARTS) is 1. The Bertz CT molecular complexity index is 193. The minimum Gasteiger partial charge on any atom is -0.481 e. The van der Waals surface area contributed by atoms with Gasteiger partial charge in [-0.25, -0.2) is 0 Å². The first-order chi connectivity index (χ1) is 5.23. The smallest absolute Gasteiger partial charge is 0.303 e. The van der Waals surface area contributed by atoms with Gasteiger partial charge in [-0.15, -0.1) is 0 Å². The van der Waals surface area contributed by atoms with E-state index in [2.05, 4.69) is 5.32 Å². The summed E-state index contributed by atoms with van der Waals surface area (Å²) in [7, 11) is 0. The Hall–Kier alpha value is -0.570. The predicted molar refractivity (Wildman–Crippen MR) is 40.3 cm³/mol. The molecule has 1 aliphatic carbocycles. The van der Waals surface area contributed by atoms with Crippen molar-refractivity contribution in [2.75, 3.05) is 13.1 Å². The van der Waals surface area contributed by atoms with Crippen LogP contribution in [0, 0.1) is 11.3 Å². The average molecular weight is 155 g/mol. The van der Waals surface area contributed by atoms with E-state index in [0.717, 1.165) is 19.5 Å². The molecule has 2 atom stereocenters. The largest absolute Gasteiger partial charge is 0.481 e. The molecule has 2 unspecified atom stereocenters. The molecule has 0 aromatic carbocycles. The van der Waals surface area contributed by atoms with Crippen LogP contribution in [0.4, 0.5) is 0 Å². The van der Waals surface area contributed by atoms with Gasteiger partial charge in [0.1, 0.15) is 0 Å². The Morgan fingerprint density at radius 2 is 2.55 bits per heavy atom. The molecule has 2 fully saturated rings. The van der Waals surface area contributed by atoms with E-state index in [1.807, 2.05) is 0 Å². The van der Waals surface area contributed by atoms with E-state index in [-0.39, 0.29) is 5.41 Å². The third-order valence-corrected chi connectivity index (χ3v) is 3.23. The van der Waals surface area contributed by atoms with Gasteiger partial charge in [0.2, 0.25) is 0 Å². The van der Waals surface area contributed by atoms with Crippen molar-refractivity contribution in [1.82, 2.24) is 5.32 Å². The minimum atomic E-state index is -0.640. The second kappa shape index (κ2) is 2.21. The van der Waals surface area contributed by atoms with Crippen LogP contribution in [0.3, 0.4) is 0 Å². The van der Waals surface area contributed by atoms with Gasteiger partial charge in [-0.3, -0.25) is 4.79 Å². The second-order valence-electron chi connectivity index (χ2n) is 3.80. The topological polar surface area (TPSA) is 49.3 Å². The zero-order valence-electron chi connectivity index (χ0n) is 6.47. The standard InChI is InChI=1S/C8H13NO2/c10-7(11)3-8-2-1-6(8)4-9-5-8/h6,9H,1-5H2,(H,10,11). The number of hydrogen-bond acceptors (Lipinski definition) is 2. The van der Waals surface area contributed by atoms with Crippen LogP contribution in [0.1, 0.15) is 19.3 Å². The quantitative estimate of drug-likeness (QED) is 0.609. The highest BCUT2D eigenvalue weighted by atomic mass is 16.4. The maximum absolute atomic E-state index is 10.5. The van der Waals surface area contributed by atoms with Crippen LogP contribution in [-0.4, -0.2) is 24.2 Å². The van der Waals surface area contributed by atoms with E-state index in [0.29, 0.717) is 12.3 Å². The molecule has 1 saturated heterocycles. The summed E-state index contributed by atoms with van der Waals surface area (Å²) in [5.41, 5.74) is 0.145. The average Bonchev–Trinajstić information content (AvgIpc) is 2.13. The first-order valence-corrected chi connectivity index (χ1v) is 4.15. The van der Waals surface area contributed by atoms with Crippen molar-refractivity contribution in [3.8, 4) is 0 Å². The molecule has 2 aliphatic rings. The maximum Gasteiger partial charge on any atom is 0.303 e. The van der Waals surface area contributed by atoms with E-state index in [4.69, 9.17) is 5.11 Å². The molecule has 0 radical (unpaired) electrons. The number of nitrogens with one attached hydrogen (secondary N) is 1. The highest BCUT2D eigenvalue weighted by Crippen LogP contribution is 2.51. The molecule has 3 heteroatoms. The van der Waals surface area contributed by atoms with Crippen molar-refractivity contribution in [2.45, 2.75) is 19.3 Å². The Balaban J connectivity index is 2.04. The molecule has 0 spiro atoms. The summed E-state index contributed by atoms with van der Waals surface area (Å²) in [4.78, 5) is 10.5. The Morgan fingerprint density at radius 3 is 3.00 bits per heavy atom. The van der Waals surface area contributed by atoms with Crippen molar-refractivity contribution in [3.63, 3.8) is 0 Å². The fourth-order valence-corrected chi connectivity index (χ4v) is 2.40. The third-order valence-electron chi connectivity index (χ3n) is 3.23. The lowest BCUT2D eigenvalue weighted by Gasteiger charge is -2.43. The molecule has 1 heterocycles. The summed E-state index contributed by atoms with van der Waals surface area (Å²) in [6.07, 6.45) is 2.70. The normalized spacial score (nSPS) is 41.3. The van der Waals surface area contributed by atoms with E-state index < -0.39 is 5.97 Å². The molecular weight excluding hydrogens is 142 g/mol. The fraction of sp³-hybridized carbons (Fsp3) is 0.875. The van der Waals surface area contributed by atoms with Crippen LogP contribution in [0.2, 0.25) is 0 Å². The summed E-state index contributed by atoms with van der Waals surface area (Å²) in [5, 5.41) is 11.9. The molecule has 2 rings (SSSR count). The number of aliphatic carboxylic acids is 1. The van der Waals surface area contributed by atoms with Crippen LogP contribution in [0.25, 0.3) is 0 Å². The number of hydrogen-bond donors (Lipinski definition) is 2.